The van der Waals surface area contributed by atoms with E-state index in [9.17, 15) is 0 Å². The minimum absolute atomic E-state index is 0.278. The largest absolute Gasteiger partial charge is 0.310 e. The Labute approximate surface area is 336 Å². The van der Waals surface area contributed by atoms with Gasteiger partial charge < -0.3 is 9.80 Å². The first-order valence-electron chi connectivity index (χ1n) is 20.1. The lowest BCUT2D eigenvalue weighted by atomic mass is 9.81. The van der Waals surface area contributed by atoms with Gasteiger partial charge in [-0.25, -0.2) is 0 Å². The average Bonchev–Trinajstić information content (AvgIpc) is 3.43. The maximum atomic E-state index is 2.51. The van der Waals surface area contributed by atoms with E-state index in [1.165, 1.54) is 105 Å². The first kappa shape index (κ1) is 34.8. The van der Waals surface area contributed by atoms with Crippen molar-refractivity contribution >= 4 is 66.4 Å². The molecule has 0 bridgehead atoms. The molecule has 0 heterocycles. The molecule has 0 radical (unpaired) electrons. The molecule has 57 heavy (non-hydrogen) atoms. The van der Waals surface area contributed by atoms with Gasteiger partial charge in [-0.2, -0.15) is 0 Å². The molecule has 2 nitrogen and oxygen atoms in total. The van der Waals surface area contributed by atoms with Crippen LogP contribution in [0.3, 0.4) is 0 Å². The van der Waals surface area contributed by atoms with Gasteiger partial charge in [-0.05, 0) is 143 Å². The second-order valence-corrected chi connectivity index (χ2v) is 16.6. The first-order valence-corrected chi connectivity index (χ1v) is 20.1. The van der Waals surface area contributed by atoms with E-state index < -0.39 is 0 Å². The Morgan fingerprint density at radius 1 is 0.351 bits per heavy atom. The number of nitrogens with zero attached hydrogens (tertiary/aromatic N) is 2. The van der Waals surface area contributed by atoms with Crippen LogP contribution in [0.4, 0.5) is 34.1 Å². The van der Waals surface area contributed by atoms with E-state index in [2.05, 4.69) is 221 Å². The van der Waals surface area contributed by atoms with Crippen molar-refractivity contribution in [1.82, 2.24) is 0 Å². The van der Waals surface area contributed by atoms with Crippen LogP contribution in [-0.4, -0.2) is 0 Å². The Balaban J connectivity index is 1.22. The first-order chi connectivity index (χ1) is 27.7. The Kier molecular flexibility index (Phi) is 8.09. The van der Waals surface area contributed by atoms with Crippen LogP contribution in [0.2, 0.25) is 0 Å². The molecular weight excluding hydrogens is 689 g/mol. The van der Waals surface area contributed by atoms with Crippen molar-refractivity contribution in [3.63, 3.8) is 0 Å². The molecule has 0 unspecified atom stereocenters. The van der Waals surface area contributed by atoms with Crippen molar-refractivity contribution in [1.29, 1.82) is 0 Å². The summed E-state index contributed by atoms with van der Waals surface area (Å²) >= 11 is 0. The van der Waals surface area contributed by atoms with Crippen LogP contribution in [0, 0.1) is 27.7 Å². The fourth-order valence-electron chi connectivity index (χ4n) is 9.68. The average molecular weight is 735 g/mol. The van der Waals surface area contributed by atoms with Crippen LogP contribution in [0.1, 0.15) is 47.2 Å². The maximum absolute atomic E-state index is 2.51. The summed E-state index contributed by atoms with van der Waals surface area (Å²) in [4.78, 5) is 4.98. The third-order valence-electron chi connectivity index (χ3n) is 12.1. The zero-order valence-electron chi connectivity index (χ0n) is 33.6. The van der Waals surface area contributed by atoms with Gasteiger partial charge in [0.05, 0.1) is 17.1 Å². The topological polar surface area (TPSA) is 6.48 Å². The molecule has 9 aromatic carbocycles. The summed E-state index contributed by atoms with van der Waals surface area (Å²) in [5.74, 6) is 0. The van der Waals surface area contributed by atoms with Crippen LogP contribution in [-0.2, 0) is 5.41 Å². The summed E-state index contributed by atoms with van der Waals surface area (Å²) in [5.41, 5.74) is 17.1. The molecule has 0 spiro atoms. The van der Waals surface area contributed by atoms with E-state index >= 15 is 0 Å². The molecule has 0 saturated carbocycles. The molecule has 0 atom stereocenters. The van der Waals surface area contributed by atoms with E-state index in [0.29, 0.717) is 0 Å². The Morgan fingerprint density at radius 2 is 0.825 bits per heavy atom. The number of hydrogen-bond acceptors (Lipinski definition) is 2. The van der Waals surface area contributed by atoms with Gasteiger partial charge in [0.15, 0.2) is 0 Å². The molecule has 10 rings (SSSR count). The molecule has 0 saturated heterocycles. The molecule has 0 amide bonds. The molecule has 0 aliphatic heterocycles. The predicted octanol–water partition coefficient (Wildman–Crippen LogP) is 15.6. The summed E-state index contributed by atoms with van der Waals surface area (Å²) < 4.78 is 0. The lowest BCUT2D eigenvalue weighted by molar-refractivity contribution is 0.661. The highest BCUT2D eigenvalue weighted by atomic mass is 15.2. The number of benzene rings is 9. The van der Waals surface area contributed by atoms with Crippen molar-refractivity contribution in [2.75, 3.05) is 9.80 Å². The van der Waals surface area contributed by atoms with Gasteiger partial charge in [0, 0.05) is 38.6 Å². The second kappa shape index (κ2) is 13.2. The standard InChI is InChI=1S/C55H46N2/c1-35-27-36(2)30-42(29-35)56(51-23-13-17-39-15-7-9-19-44(39)51)41-25-26-48-49(33-41)55(5,6)50-34-53(46-21-11-12-22-47(46)54(48)50)57(43-31-37(3)28-38(4)32-43)52-24-14-18-40-16-8-10-20-45(40)52/h7-34H,1-6H3. The molecule has 0 N–H and O–H groups in total. The van der Waals surface area contributed by atoms with E-state index in [0.717, 1.165) is 5.69 Å². The molecule has 1 aliphatic rings. The van der Waals surface area contributed by atoms with E-state index in [4.69, 9.17) is 0 Å². The lowest BCUT2D eigenvalue weighted by Gasteiger charge is -2.31. The van der Waals surface area contributed by atoms with Gasteiger partial charge in [0.25, 0.3) is 0 Å². The lowest BCUT2D eigenvalue weighted by Crippen LogP contribution is -2.18. The highest BCUT2D eigenvalue weighted by molar-refractivity contribution is 6.12. The van der Waals surface area contributed by atoms with Crippen LogP contribution >= 0.6 is 0 Å². The second-order valence-electron chi connectivity index (χ2n) is 16.6. The number of hydrogen-bond donors (Lipinski definition) is 0. The summed E-state index contributed by atoms with van der Waals surface area (Å²) in [6, 6.07) is 63.4. The molecule has 0 aromatic heterocycles. The van der Waals surface area contributed by atoms with Crippen molar-refractivity contribution in [3.8, 4) is 11.1 Å². The van der Waals surface area contributed by atoms with Crippen LogP contribution in [0.15, 0.2) is 170 Å². The quantitative estimate of drug-likeness (QED) is 0.168. The van der Waals surface area contributed by atoms with Gasteiger partial charge in [0.2, 0.25) is 0 Å². The molecule has 1 aliphatic carbocycles. The molecule has 276 valence electrons. The minimum Gasteiger partial charge on any atom is -0.310 e. The zero-order valence-corrected chi connectivity index (χ0v) is 33.6. The highest BCUT2D eigenvalue weighted by Crippen LogP contribution is 2.56. The summed E-state index contributed by atoms with van der Waals surface area (Å²) in [5, 5.41) is 7.45. The van der Waals surface area contributed by atoms with Crippen LogP contribution in [0.5, 0.6) is 0 Å². The fraction of sp³-hybridized carbons (Fsp3) is 0.127. The van der Waals surface area contributed by atoms with Crippen LogP contribution in [0.25, 0.3) is 43.4 Å². The van der Waals surface area contributed by atoms with Gasteiger partial charge in [-0.15, -0.1) is 0 Å². The van der Waals surface area contributed by atoms with Gasteiger partial charge >= 0.3 is 0 Å². The Morgan fingerprint density at radius 3 is 1.40 bits per heavy atom. The monoisotopic (exact) mass is 734 g/mol. The highest BCUT2D eigenvalue weighted by Gasteiger charge is 2.39. The number of rotatable bonds is 6. The third-order valence-corrected chi connectivity index (χ3v) is 12.1. The Hall–Kier alpha value is -6.64. The maximum Gasteiger partial charge on any atom is 0.0543 e. The molecule has 2 heteroatoms. The van der Waals surface area contributed by atoms with E-state index in [-0.39, 0.29) is 5.41 Å². The van der Waals surface area contributed by atoms with Crippen molar-refractivity contribution in [2.24, 2.45) is 0 Å². The third kappa shape index (κ3) is 5.70. The summed E-state index contributed by atoms with van der Waals surface area (Å²) in [7, 11) is 0. The summed E-state index contributed by atoms with van der Waals surface area (Å²) in [6.07, 6.45) is 0. The van der Waals surface area contributed by atoms with Crippen LogP contribution < -0.4 is 9.80 Å². The number of aryl methyl sites for hydroxylation is 4. The van der Waals surface area contributed by atoms with Crippen molar-refractivity contribution < 1.29 is 0 Å². The van der Waals surface area contributed by atoms with E-state index in [1.807, 2.05) is 0 Å². The number of fused-ring (bicyclic) bond motifs is 7. The fourth-order valence-corrected chi connectivity index (χ4v) is 9.68. The smallest absolute Gasteiger partial charge is 0.0543 e. The van der Waals surface area contributed by atoms with E-state index in [1.54, 1.807) is 0 Å². The van der Waals surface area contributed by atoms with Crippen molar-refractivity contribution in [2.45, 2.75) is 47.0 Å². The molecule has 0 fully saturated rings. The summed E-state index contributed by atoms with van der Waals surface area (Å²) in [6.45, 7) is 13.6. The minimum atomic E-state index is -0.278. The normalized spacial score (nSPS) is 12.9. The van der Waals surface area contributed by atoms with Crippen molar-refractivity contribution in [3.05, 3.63) is 203 Å². The number of anilines is 6. The zero-order chi connectivity index (χ0) is 39.0. The van der Waals surface area contributed by atoms with Gasteiger partial charge in [-0.3, -0.25) is 0 Å². The predicted molar refractivity (Wildman–Crippen MR) is 245 cm³/mol. The van der Waals surface area contributed by atoms with Gasteiger partial charge in [0.1, 0.15) is 0 Å². The SMILES string of the molecule is Cc1cc(C)cc(N(c2ccc3c(c2)C(C)(C)c2cc(N(c4cc(C)cc(C)c4)c4cccc5ccccc45)c4ccccc4c2-3)c2cccc3ccccc23)c1. The molecular formula is C55H46N2. The Bertz CT molecular complexity index is 3010. The molecule has 9 aromatic rings. The van der Waals surface area contributed by atoms with Gasteiger partial charge in [-0.1, -0.05) is 129 Å².